The molecule has 2 N–H and O–H groups in total. The van der Waals surface area contributed by atoms with E-state index in [1.165, 1.54) is 52.2 Å². The highest BCUT2D eigenvalue weighted by Gasteiger charge is 2.05. The van der Waals surface area contributed by atoms with Crippen molar-refractivity contribution >= 4 is 23.5 Å². The van der Waals surface area contributed by atoms with Crippen LogP contribution >= 0.6 is 23.5 Å². The molecule has 0 amide bonds. The highest BCUT2D eigenvalue weighted by atomic mass is 32.2. The zero-order valence-electron chi connectivity index (χ0n) is 25.3. The summed E-state index contributed by atoms with van der Waals surface area (Å²) < 4.78 is 5.95. The third kappa shape index (κ3) is 10.7. The molecule has 41 heavy (non-hydrogen) atoms. The lowest BCUT2D eigenvalue weighted by molar-refractivity contribution is 0.302. The van der Waals surface area contributed by atoms with E-state index in [-0.39, 0.29) is 0 Å². The Bertz CT molecular complexity index is 1360. The van der Waals surface area contributed by atoms with Gasteiger partial charge in [0.15, 0.2) is 0 Å². The quantitative estimate of drug-likeness (QED) is 0.171. The van der Waals surface area contributed by atoms with Crippen molar-refractivity contribution < 1.29 is 14.9 Å². The fraction of sp³-hybridized carbons (Fsp3) is 0.333. The Balaban J connectivity index is 0.000000239. The number of phenols is 2. The highest BCUT2D eigenvalue weighted by molar-refractivity contribution is 7.99. The lowest BCUT2D eigenvalue weighted by Crippen LogP contribution is -1.99. The monoisotopic (exact) mass is 588 g/mol. The first-order chi connectivity index (χ1) is 19.7. The van der Waals surface area contributed by atoms with Gasteiger partial charge in [-0.05, 0) is 136 Å². The molecule has 0 bridgehead atoms. The number of hydrogen-bond acceptors (Lipinski definition) is 5. The summed E-state index contributed by atoms with van der Waals surface area (Å²) >= 11 is 3.43. The first-order valence-corrected chi connectivity index (χ1v) is 16.0. The fourth-order valence-corrected chi connectivity index (χ4v) is 6.20. The van der Waals surface area contributed by atoms with Crippen molar-refractivity contribution in [3.63, 3.8) is 0 Å². The fourth-order valence-electron chi connectivity index (χ4n) is 4.17. The van der Waals surface area contributed by atoms with Crippen LogP contribution in [0.15, 0.2) is 92.4 Å². The number of ether oxygens (including phenoxy) is 1. The summed E-state index contributed by atoms with van der Waals surface area (Å²) in [7, 11) is 0. The zero-order chi connectivity index (χ0) is 29.8. The summed E-state index contributed by atoms with van der Waals surface area (Å²) in [4.78, 5) is 4.71. The van der Waals surface area contributed by atoms with Crippen LogP contribution in [0.25, 0.3) is 0 Å². The predicted molar refractivity (Wildman–Crippen MR) is 175 cm³/mol. The topological polar surface area (TPSA) is 49.7 Å². The first kappa shape index (κ1) is 32.5. The average molecular weight is 589 g/mol. The number of aryl methyl sites for hydroxylation is 5. The average Bonchev–Trinajstić information content (AvgIpc) is 2.94. The van der Waals surface area contributed by atoms with Crippen molar-refractivity contribution in [3.05, 3.63) is 101 Å². The van der Waals surface area contributed by atoms with Crippen LogP contribution in [0, 0.1) is 34.6 Å². The van der Waals surface area contributed by atoms with Gasteiger partial charge in [-0.15, -0.1) is 0 Å². The van der Waals surface area contributed by atoms with Gasteiger partial charge < -0.3 is 14.9 Å². The van der Waals surface area contributed by atoms with E-state index in [0.29, 0.717) is 11.5 Å². The first-order valence-electron chi connectivity index (χ1n) is 14.4. The second-order valence-corrected chi connectivity index (χ2v) is 12.8. The molecule has 4 aromatic carbocycles. The number of phenolic OH excluding ortho intramolecular Hbond substituents is 2. The SMILES string of the molecule is CCCCCCCOc1ccc(Sc2ccc(C)c(C)c2)cc1C.Cc1cc(Sc2ccc(O)c(C)c2)ccc1O. The summed E-state index contributed by atoms with van der Waals surface area (Å²) in [6.07, 6.45) is 6.37. The normalized spacial score (nSPS) is 10.7. The molecule has 0 fully saturated rings. The molecular weight excluding hydrogens is 545 g/mol. The van der Waals surface area contributed by atoms with Crippen LogP contribution in [0.5, 0.6) is 17.2 Å². The second-order valence-electron chi connectivity index (χ2n) is 10.5. The number of aromatic hydroxyl groups is 2. The summed E-state index contributed by atoms with van der Waals surface area (Å²) in [5.41, 5.74) is 5.64. The van der Waals surface area contributed by atoms with E-state index in [1.807, 2.05) is 49.9 Å². The lowest BCUT2D eigenvalue weighted by atomic mass is 10.1. The molecule has 4 aromatic rings. The second kappa shape index (κ2) is 16.4. The number of rotatable bonds is 11. The Hall–Kier alpha value is -3.02. The van der Waals surface area contributed by atoms with Gasteiger partial charge in [0, 0.05) is 19.6 Å². The van der Waals surface area contributed by atoms with Gasteiger partial charge in [0.05, 0.1) is 6.61 Å². The number of hydrogen-bond donors (Lipinski definition) is 2. The third-order valence-electron chi connectivity index (χ3n) is 6.94. The molecule has 3 nitrogen and oxygen atoms in total. The molecule has 0 aliphatic heterocycles. The summed E-state index contributed by atoms with van der Waals surface area (Å²) in [5, 5.41) is 18.9. The van der Waals surface area contributed by atoms with Crippen molar-refractivity contribution in [2.45, 2.75) is 93.2 Å². The minimum Gasteiger partial charge on any atom is -0.508 e. The third-order valence-corrected chi connectivity index (χ3v) is 8.90. The van der Waals surface area contributed by atoms with Gasteiger partial charge in [-0.2, -0.15) is 0 Å². The zero-order valence-corrected chi connectivity index (χ0v) is 26.9. The maximum atomic E-state index is 9.45. The molecule has 0 aliphatic carbocycles. The van der Waals surface area contributed by atoms with E-state index in [2.05, 4.69) is 64.1 Å². The molecule has 5 heteroatoms. The Morgan fingerprint density at radius 3 is 1.46 bits per heavy atom. The molecule has 0 aliphatic rings. The van der Waals surface area contributed by atoms with Gasteiger partial charge in [0.2, 0.25) is 0 Å². The predicted octanol–water partition coefficient (Wildman–Crippen LogP) is 11.0. The van der Waals surface area contributed by atoms with Crippen molar-refractivity contribution in [1.29, 1.82) is 0 Å². The van der Waals surface area contributed by atoms with Crippen LogP contribution in [0.3, 0.4) is 0 Å². The lowest BCUT2D eigenvalue weighted by Gasteiger charge is -2.11. The highest BCUT2D eigenvalue weighted by Crippen LogP contribution is 2.33. The molecule has 0 unspecified atom stereocenters. The van der Waals surface area contributed by atoms with E-state index in [0.717, 1.165) is 39.7 Å². The molecular formula is C36H44O3S2. The molecule has 218 valence electrons. The van der Waals surface area contributed by atoms with Gasteiger partial charge in [-0.1, -0.05) is 62.2 Å². The van der Waals surface area contributed by atoms with Crippen molar-refractivity contribution in [1.82, 2.24) is 0 Å². The van der Waals surface area contributed by atoms with Crippen molar-refractivity contribution in [2.75, 3.05) is 6.61 Å². The number of unbranched alkanes of at least 4 members (excludes halogenated alkanes) is 4. The minimum atomic E-state index is 0.316. The number of benzene rings is 4. The molecule has 0 spiro atoms. The van der Waals surface area contributed by atoms with Crippen LogP contribution in [0.2, 0.25) is 0 Å². The van der Waals surface area contributed by atoms with Crippen LogP contribution in [0.4, 0.5) is 0 Å². The summed E-state index contributed by atoms with van der Waals surface area (Å²) in [6, 6.07) is 24.2. The van der Waals surface area contributed by atoms with Crippen molar-refractivity contribution in [3.8, 4) is 17.2 Å². The molecule has 0 atom stereocenters. The Morgan fingerprint density at radius 2 is 0.976 bits per heavy atom. The summed E-state index contributed by atoms with van der Waals surface area (Å²) in [5.74, 6) is 1.66. The van der Waals surface area contributed by atoms with Gasteiger partial charge in [-0.3, -0.25) is 0 Å². The van der Waals surface area contributed by atoms with Crippen LogP contribution in [-0.2, 0) is 0 Å². The van der Waals surface area contributed by atoms with E-state index < -0.39 is 0 Å². The molecule has 0 saturated carbocycles. The van der Waals surface area contributed by atoms with Gasteiger partial charge >= 0.3 is 0 Å². The van der Waals surface area contributed by atoms with E-state index in [9.17, 15) is 10.2 Å². The molecule has 4 rings (SSSR count). The van der Waals surface area contributed by atoms with Gasteiger partial charge in [0.25, 0.3) is 0 Å². The molecule has 0 saturated heterocycles. The molecule has 0 aromatic heterocycles. The maximum absolute atomic E-state index is 9.45. The Morgan fingerprint density at radius 1 is 0.512 bits per heavy atom. The smallest absolute Gasteiger partial charge is 0.122 e. The summed E-state index contributed by atoms with van der Waals surface area (Å²) in [6.45, 7) is 13.3. The Labute approximate surface area is 255 Å². The standard InChI is InChI=1S/C22H30OS.C14H14O2S/c1-5-6-7-8-9-14-23-22-13-12-21(16-19(22)4)24-20-11-10-17(2)18(3)15-20;1-9-7-11(3-5-13(9)15)17-12-4-6-14(16)10(2)8-12/h10-13,15-16H,5-9,14H2,1-4H3;3-8,15-16H,1-2H3. The van der Waals surface area contributed by atoms with Crippen LogP contribution < -0.4 is 4.74 Å². The van der Waals surface area contributed by atoms with Crippen LogP contribution in [-0.4, -0.2) is 16.8 Å². The Kier molecular flexibility index (Phi) is 13.0. The maximum Gasteiger partial charge on any atom is 0.122 e. The molecule has 0 heterocycles. The minimum absolute atomic E-state index is 0.316. The van der Waals surface area contributed by atoms with Crippen molar-refractivity contribution in [2.24, 2.45) is 0 Å². The van der Waals surface area contributed by atoms with Gasteiger partial charge in [0.1, 0.15) is 17.2 Å². The molecule has 0 radical (unpaired) electrons. The van der Waals surface area contributed by atoms with E-state index >= 15 is 0 Å². The van der Waals surface area contributed by atoms with E-state index in [1.54, 1.807) is 23.9 Å². The van der Waals surface area contributed by atoms with E-state index in [4.69, 9.17) is 4.74 Å². The van der Waals surface area contributed by atoms with Gasteiger partial charge in [-0.25, -0.2) is 0 Å². The van der Waals surface area contributed by atoms with Crippen LogP contribution in [0.1, 0.15) is 66.8 Å². The largest absolute Gasteiger partial charge is 0.508 e.